The van der Waals surface area contributed by atoms with Gasteiger partial charge in [0.1, 0.15) is 0 Å². The Labute approximate surface area is 85.5 Å². The number of hydrogen-bond acceptors (Lipinski definition) is 2. The molecule has 0 saturated carbocycles. The van der Waals surface area contributed by atoms with Crippen molar-refractivity contribution >= 4 is 0 Å². The summed E-state index contributed by atoms with van der Waals surface area (Å²) in [7, 11) is 0. The lowest BCUT2D eigenvalue weighted by Gasteiger charge is -2.23. The SMILES string of the molecule is Cc1cc(C)n(C[C@@H]2CCCCN2)n1. The van der Waals surface area contributed by atoms with Crippen molar-refractivity contribution in [3.05, 3.63) is 17.5 Å². The van der Waals surface area contributed by atoms with Gasteiger partial charge in [-0.15, -0.1) is 0 Å². The third-order valence-electron chi connectivity index (χ3n) is 2.91. The number of nitrogens with zero attached hydrogens (tertiary/aromatic N) is 2. The summed E-state index contributed by atoms with van der Waals surface area (Å²) in [6.07, 6.45) is 3.98. The topological polar surface area (TPSA) is 29.9 Å². The molecular weight excluding hydrogens is 174 g/mol. The summed E-state index contributed by atoms with van der Waals surface area (Å²) in [6, 6.07) is 2.77. The highest BCUT2D eigenvalue weighted by molar-refractivity contribution is 5.06. The van der Waals surface area contributed by atoms with Crippen molar-refractivity contribution in [3.8, 4) is 0 Å². The monoisotopic (exact) mass is 193 g/mol. The molecule has 2 heterocycles. The predicted octanol–water partition coefficient (Wildman–Crippen LogP) is 1.64. The molecule has 0 amide bonds. The van der Waals surface area contributed by atoms with Crippen molar-refractivity contribution in [2.24, 2.45) is 0 Å². The van der Waals surface area contributed by atoms with Gasteiger partial charge in [0.2, 0.25) is 0 Å². The van der Waals surface area contributed by atoms with E-state index in [-0.39, 0.29) is 0 Å². The number of nitrogens with one attached hydrogen (secondary N) is 1. The van der Waals surface area contributed by atoms with Gasteiger partial charge < -0.3 is 5.32 Å². The van der Waals surface area contributed by atoms with Crippen molar-refractivity contribution in [2.75, 3.05) is 6.54 Å². The van der Waals surface area contributed by atoms with Gasteiger partial charge in [-0.3, -0.25) is 4.68 Å². The fourth-order valence-corrected chi connectivity index (χ4v) is 2.15. The third kappa shape index (κ3) is 2.15. The van der Waals surface area contributed by atoms with E-state index in [1.54, 1.807) is 0 Å². The summed E-state index contributed by atoms with van der Waals surface area (Å²) in [5.74, 6) is 0. The maximum absolute atomic E-state index is 4.48. The van der Waals surface area contributed by atoms with Crippen LogP contribution in [0.2, 0.25) is 0 Å². The lowest BCUT2D eigenvalue weighted by molar-refractivity contribution is 0.348. The van der Waals surface area contributed by atoms with Crippen molar-refractivity contribution in [1.82, 2.24) is 15.1 Å². The van der Waals surface area contributed by atoms with Gasteiger partial charge in [-0.25, -0.2) is 0 Å². The lowest BCUT2D eigenvalue weighted by Crippen LogP contribution is -2.37. The van der Waals surface area contributed by atoms with Crippen molar-refractivity contribution < 1.29 is 0 Å². The van der Waals surface area contributed by atoms with Gasteiger partial charge >= 0.3 is 0 Å². The molecule has 1 N–H and O–H groups in total. The highest BCUT2D eigenvalue weighted by atomic mass is 15.3. The molecule has 1 aliphatic rings. The zero-order chi connectivity index (χ0) is 9.97. The van der Waals surface area contributed by atoms with Crippen LogP contribution in [-0.2, 0) is 6.54 Å². The van der Waals surface area contributed by atoms with Crippen LogP contribution in [0.4, 0.5) is 0 Å². The van der Waals surface area contributed by atoms with E-state index in [0.29, 0.717) is 6.04 Å². The van der Waals surface area contributed by atoms with Crippen molar-refractivity contribution in [2.45, 2.75) is 45.7 Å². The quantitative estimate of drug-likeness (QED) is 0.774. The van der Waals surface area contributed by atoms with Crippen LogP contribution in [0, 0.1) is 13.8 Å². The van der Waals surface area contributed by atoms with Crippen LogP contribution >= 0.6 is 0 Å². The van der Waals surface area contributed by atoms with E-state index in [0.717, 1.165) is 12.2 Å². The summed E-state index contributed by atoms with van der Waals surface area (Å²) in [4.78, 5) is 0. The molecule has 14 heavy (non-hydrogen) atoms. The Hall–Kier alpha value is -0.830. The average Bonchev–Trinajstić information content (AvgIpc) is 2.47. The number of aryl methyl sites for hydroxylation is 2. The van der Waals surface area contributed by atoms with Crippen LogP contribution in [-0.4, -0.2) is 22.4 Å². The number of piperidine rings is 1. The molecule has 0 bridgehead atoms. The molecule has 1 saturated heterocycles. The average molecular weight is 193 g/mol. The Morgan fingerprint density at radius 3 is 2.93 bits per heavy atom. The summed E-state index contributed by atoms with van der Waals surface area (Å²) in [5, 5.41) is 8.02. The highest BCUT2D eigenvalue weighted by Crippen LogP contribution is 2.10. The van der Waals surface area contributed by atoms with E-state index in [1.807, 2.05) is 0 Å². The summed E-state index contributed by atoms with van der Waals surface area (Å²) < 4.78 is 2.12. The smallest absolute Gasteiger partial charge is 0.0596 e. The van der Waals surface area contributed by atoms with Crippen LogP contribution in [0.15, 0.2) is 6.07 Å². The molecule has 1 aromatic rings. The molecule has 1 aliphatic heterocycles. The standard InChI is InChI=1S/C11H19N3/c1-9-7-10(2)14(13-9)8-11-5-3-4-6-12-11/h7,11-12H,3-6,8H2,1-2H3/t11-/m0/s1. The fraction of sp³-hybridized carbons (Fsp3) is 0.727. The van der Waals surface area contributed by atoms with Crippen LogP contribution in [0.3, 0.4) is 0 Å². The second-order valence-electron chi connectivity index (χ2n) is 4.26. The van der Waals surface area contributed by atoms with Gasteiger partial charge in [0.15, 0.2) is 0 Å². The molecule has 3 nitrogen and oxygen atoms in total. The molecule has 0 aromatic carbocycles. The fourth-order valence-electron chi connectivity index (χ4n) is 2.15. The zero-order valence-electron chi connectivity index (χ0n) is 9.08. The van der Waals surface area contributed by atoms with Gasteiger partial charge in [0.25, 0.3) is 0 Å². The predicted molar refractivity (Wildman–Crippen MR) is 57.3 cm³/mol. The van der Waals surface area contributed by atoms with Crippen molar-refractivity contribution in [3.63, 3.8) is 0 Å². The van der Waals surface area contributed by atoms with Gasteiger partial charge in [0.05, 0.1) is 12.2 Å². The van der Waals surface area contributed by atoms with Crippen LogP contribution < -0.4 is 5.32 Å². The first-order valence-corrected chi connectivity index (χ1v) is 5.50. The van der Waals surface area contributed by atoms with E-state index in [2.05, 4.69) is 35.0 Å². The first kappa shape index (κ1) is 9.71. The third-order valence-corrected chi connectivity index (χ3v) is 2.91. The number of rotatable bonds is 2. The number of hydrogen-bond donors (Lipinski definition) is 1. The molecule has 0 spiro atoms. The normalized spacial score (nSPS) is 22.6. The minimum atomic E-state index is 0.627. The largest absolute Gasteiger partial charge is 0.312 e. The Bertz CT molecular complexity index is 297. The van der Waals surface area contributed by atoms with E-state index in [4.69, 9.17) is 0 Å². The Morgan fingerprint density at radius 2 is 2.36 bits per heavy atom. The molecule has 0 radical (unpaired) electrons. The maximum atomic E-state index is 4.48. The van der Waals surface area contributed by atoms with Gasteiger partial charge in [-0.05, 0) is 39.3 Å². The molecular formula is C11H19N3. The van der Waals surface area contributed by atoms with Crippen LogP contribution in [0.25, 0.3) is 0 Å². The molecule has 3 heteroatoms. The second-order valence-corrected chi connectivity index (χ2v) is 4.26. The highest BCUT2D eigenvalue weighted by Gasteiger charge is 2.14. The molecule has 0 unspecified atom stereocenters. The first-order chi connectivity index (χ1) is 6.75. The molecule has 0 aliphatic carbocycles. The van der Waals surface area contributed by atoms with Gasteiger partial charge in [-0.1, -0.05) is 6.42 Å². The van der Waals surface area contributed by atoms with Crippen LogP contribution in [0.5, 0.6) is 0 Å². The molecule has 78 valence electrons. The van der Waals surface area contributed by atoms with E-state index in [9.17, 15) is 0 Å². The number of aromatic nitrogens is 2. The molecule has 2 rings (SSSR count). The minimum Gasteiger partial charge on any atom is -0.312 e. The molecule has 1 atom stereocenters. The minimum absolute atomic E-state index is 0.627. The first-order valence-electron chi connectivity index (χ1n) is 5.50. The molecule has 1 aromatic heterocycles. The summed E-state index contributed by atoms with van der Waals surface area (Å²) in [5.41, 5.74) is 2.40. The van der Waals surface area contributed by atoms with E-state index < -0.39 is 0 Å². The second kappa shape index (κ2) is 4.13. The van der Waals surface area contributed by atoms with Crippen molar-refractivity contribution in [1.29, 1.82) is 0 Å². The Morgan fingerprint density at radius 1 is 1.50 bits per heavy atom. The lowest BCUT2D eigenvalue weighted by atomic mass is 10.1. The zero-order valence-corrected chi connectivity index (χ0v) is 9.08. The van der Waals surface area contributed by atoms with Gasteiger partial charge in [0, 0.05) is 11.7 Å². The van der Waals surface area contributed by atoms with E-state index in [1.165, 1.54) is 31.5 Å². The Balaban J connectivity index is 1.98. The van der Waals surface area contributed by atoms with Gasteiger partial charge in [-0.2, -0.15) is 5.10 Å². The summed E-state index contributed by atoms with van der Waals surface area (Å²) >= 11 is 0. The van der Waals surface area contributed by atoms with E-state index >= 15 is 0 Å². The maximum Gasteiger partial charge on any atom is 0.0596 e. The van der Waals surface area contributed by atoms with Crippen LogP contribution in [0.1, 0.15) is 30.7 Å². The molecule has 1 fully saturated rings. The Kier molecular flexibility index (Phi) is 2.87. The summed E-state index contributed by atoms with van der Waals surface area (Å²) in [6.45, 7) is 6.38.